The van der Waals surface area contributed by atoms with Crippen LogP contribution in [-0.4, -0.2) is 30.9 Å². The number of carbonyl (C=O) groups is 1. The van der Waals surface area contributed by atoms with E-state index >= 15 is 0 Å². The highest BCUT2D eigenvalue weighted by atomic mass is 16.5. The first-order valence-corrected chi connectivity index (χ1v) is 8.10. The molecule has 0 spiro atoms. The fourth-order valence-electron chi connectivity index (χ4n) is 3.25. The second-order valence-corrected chi connectivity index (χ2v) is 5.92. The highest BCUT2D eigenvalue weighted by Crippen LogP contribution is 2.41. The number of esters is 1. The highest BCUT2D eigenvalue weighted by Gasteiger charge is 2.29. The second kappa shape index (κ2) is 6.11. The molecule has 1 heterocycles. The highest BCUT2D eigenvalue weighted by molar-refractivity contribution is 6.25. The number of benzene rings is 2. The van der Waals surface area contributed by atoms with Crippen LogP contribution in [0, 0.1) is 5.41 Å². The minimum absolute atomic E-state index is 0.224. The Hall–Kier alpha value is -3.47. The number of nitrogens with zero attached hydrogens (tertiary/aromatic N) is 1. The Balaban J connectivity index is 1.99. The number of ether oxygens (including phenoxy) is 2. The van der Waals surface area contributed by atoms with Gasteiger partial charge in [-0.3, -0.25) is 5.41 Å². The van der Waals surface area contributed by atoms with E-state index in [0.29, 0.717) is 11.4 Å². The number of rotatable bonds is 3. The van der Waals surface area contributed by atoms with Crippen LogP contribution in [0.15, 0.2) is 54.6 Å². The fourth-order valence-corrected chi connectivity index (χ4v) is 3.25. The number of nitrogens with one attached hydrogen (secondary N) is 1. The van der Waals surface area contributed by atoms with Crippen LogP contribution in [0.25, 0.3) is 22.4 Å². The van der Waals surface area contributed by atoms with E-state index in [9.17, 15) is 4.79 Å². The quantitative estimate of drug-likeness (QED) is 0.571. The van der Waals surface area contributed by atoms with E-state index in [1.165, 1.54) is 7.11 Å². The number of hydrogen-bond donors (Lipinski definition) is 1. The molecule has 1 aliphatic rings. The molecule has 0 saturated carbocycles. The molecule has 1 N–H and O–H groups in total. The summed E-state index contributed by atoms with van der Waals surface area (Å²) in [5.41, 5.74) is 5.34. The van der Waals surface area contributed by atoms with E-state index in [-0.39, 0.29) is 5.69 Å². The summed E-state index contributed by atoms with van der Waals surface area (Å²) < 4.78 is 10.1. The van der Waals surface area contributed by atoms with E-state index in [1.807, 2.05) is 48.5 Å². The van der Waals surface area contributed by atoms with Crippen molar-refractivity contribution < 1.29 is 14.3 Å². The van der Waals surface area contributed by atoms with Gasteiger partial charge < -0.3 is 9.47 Å². The Kier molecular flexibility index (Phi) is 3.77. The van der Waals surface area contributed by atoms with Gasteiger partial charge in [0.25, 0.3) is 0 Å². The fraction of sp³-hybridized carbons (Fsp3) is 0.0952. The van der Waals surface area contributed by atoms with Crippen molar-refractivity contribution in [3.63, 3.8) is 0 Å². The maximum atomic E-state index is 12.1. The van der Waals surface area contributed by atoms with Gasteiger partial charge in [-0.25, -0.2) is 9.78 Å². The summed E-state index contributed by atoms with van der Waals surface area (Å²) in [5.74, 6) is 0.228. The Morgan fingerprint density at radius 3 is 2.31 bits per heavy atom. The van der Waals surface area contributed by atoms with Crippen LogP contribution >= 0.6 is 0 Å². The number of aromatic nitrogens is 1. The maximum absolute atomic E-state index is 12.1. The summed E-state index contributed by atoms with van der Waals surface area (Å²) in [4.78, 5) is 16.7. The van der Waals surface area contributed by atoms with Crippen molar-refractivity contribution in [2.45, 2.75) is 0 Å². The standard InChI is InChI=1S/C21H16N2O3/c1-25-13-9-7-12(8-10-13)20-18-16(11-17(23-20)21(24)26-2)14-5-3-4-6-15(14)19(18)22/h3-11,22H,1-2H3. The monoisotopic (exact) mass is 344 g/mol. The first-order chi connectivity index (χ1) is 12.6. The molecule has 26 heavy (non-hydrogen) atoms. The van der Waals surface area contributed by atoms with Crippen LogP contribution in [0.1, 0.15) is 21.6 Å². The molecule has 0 atom stereocenters. The van der Waals surface area contributed by atoms with E-state index < -0.39 is 5.97 Å². The SMILES string of the molecule is COC(=O)c1cc2c(c(-c3ccc(OC)cc3)n1)C(=N)c1ccccc1-2. The molecule has 2 aromatic carbocycles. The zero-order valence-corrected chi connectivity index (χ0v) is 14.4. The molecule has 1 aromatic heterocycles. The summed E-state index contributed by atoms with van der Waals surface area (Å²) in [6, 6.07) is 16.8. The van der Waals surface area contributed by atoms with Crippen molar-refractivity contribution in [3.8, 4) is 28.1 Å². The summed E-state index contributed by atoms with van der Waals surface area (Å²) >= 11 is 0. The maximum Gasteiger partial charge on any atom is 0.356 e. The molecule has 5 heteroatoms. The van der Waals surface area contributed by atoms with Crippen LogP contribution in [0.4, 0.5) is 0 Å². The van der Waals surface area contributed by atoms with Gasteiger partial charge in [0.15, 0.2) is 0 Å². The van der Waals surface area contributed by atoms with Crippen molar-refractivity contribution in [2.75, 3.05) is 14.2 Å². The molecule has 1 aliphatic carbocycles. The van der Waals surface area contributed by atoms with Crippen molar-refractivity contribution in [2.24, 2.45) is 0 Å². The third-order valence-electron chi connectivity index (χ3n) is 4.51. The Morgan fingerprint density at radius 1 is 0.962 bits per heavy atom. The molecule has 0 unspecified atom stereocenters. The van der Waals surface area contributed by atoms with Gasteiger partial charge in [0.2, 0.25) is 0 Å². The smallest absolute Gasteiger partial charge is 0.356 e. The lowest BCUT2D eigenvalue weighted by Gasteiger charge is -2.11. The van der Waals surface area contributed by atoms with E-state index in [1.54, 1.807) is 13.2 Å². The van der Waals surface area contributed by atoms with Crippen molar-refractivity contribution in [1.29, 1.82) is 5.41 Å². The minimum atomic E-state index is -0.501. The van der Waals surface area contributed by atoms with Crippen molar-refractivity contribution >= 4 is 11.7 Å². The second-order valence-electron chi connectivity index (χ2n) is 5.92. The van der Waals surface area contributed by atoms with Gasteiger partial charge in [0, 0.05) is 16.7 Å². The van der Waals surface area contributed by atoms with Gasteiger partial charge in [-0.2, -0.15) is 0 Å². The minimum Gasteiger partial charge on any atom is -0.497 e. The summed E-state index contributed by atoms with van der Waals surface area (Å²) in [5, 5.41) is 8.62. The van der Waals surface area contributed by atoms with E-state index in [4.69, 9.17) is 14.9 Å². The van der Waals surface area contributed by atoms with Gasteiger partial charge >= 0.3 is 5.97 Å². The average Bonchev–Trinajstić information content (AvgIpc) is 2.99. The van der Waals surface area contributed by atoms with Crippen LogP contribution in [0.2, 0.25) is 0 Å². The largest absolute Gasteiger partial charge is 0.497 e. The topological polar surface area (TPSA) is 72.3 Å². The molecule has 128 valence electrons. The lowest BCUT2D eigenvalue weighted by atomic mass is 9.99. The van der Waals surface area contributed by atoms with Gasteiger partial charge in [-0.1, -0.05) is 24.3 Å². The molecule has 0 bridgehead atoms. The third-order valence-corrected chi connectivity index (χ3v) is 4.51. The van der Waals surface area contributed by atoms with Gasteiger partial charge in [-0.05, 0) is 41.5 Å². The number of carbonyl (C=O) groups excluding carboxylic acids is 1. The van der Waals surface area contributed by atoms with Crippen molar-refractivity contribution in [1.82, 2.24) is 4.98 Å². The molecule has 4 rings (SSSR count). The third kappa shape index (κ3) is 2.37. The normalized spacial score (nSPS) is 11.7. The van der Waals surface area contributed by atoms with E-state index in [0.717, 1.165) is 33.6 Å². The zero-order valence-electron chi connectivity index (χ0n) is 14.4. The molecular weight excluding hydrogens is 328 g/mol. The zero-order chi connectivity index (χ0) is 18.3. The molecular formula is C21H16N2O3. The summed E-state index contributed by atoms with van der Waals surface area (Å²) in [7, 11) is 2.94. The first-order valence-electron chi connectivity index (χ1n) is 8.10. The molecule has 0 aliphatic heterocycles. The number of hydrogen-bond acceptors (Lipinski definition) is 5. The molecule has 3 aromatic rings. The Labute approximate surface area is 150 Å². The lowest BCUT2D eigenvalue weighted by molar-refractivity contribution is 0.0594. The van der Waals surface area contributed by atoms with Crippen LogP contribution in [0.3, 0.4) is 0 Å². The Bertz CT molecular complexity index is 1040. The molecule has 5 nitrogen and oxygen atoms in total. The molecule has 0 amide bonds. The predicted octanol–water partition coefficient (Wildman–Crippen LogP) is 3.94. The number of fused-ring (bicyclic) bond motifs is 3. The van der Waals surface area contributed by atoms with E-state index in [2.05, 4.69) is 4.98 Å². The van der Waals surface area contributed by atoms with Gasteiger partial charge in [0.1, 0.15) is 11.4 Å². The van der Waals surface area contributed by atoms with Crippen LogP contribution < -0.4 is 4.74 Å². The summed E-state index contributed by atoms with van der Waals surface area (Å²) in [6.45, 7) is 0. The molecule has 0 radical (unpaired) electrons. The first kappa shape index (κ1) is 16.0. The number of pyridine rings is 1. The Morgan fingerprint density at radius 2 is 1.65 bits per heavy atom. The van der Waals surface area contributed by atoms with Crippen molar-refractivity contribution in [3.05, 3.63) is 71.4 Å². The molecule has 0 fully saturated rings. The average molecular weight is 344 g/mol. The van der Waals surface area contributed by atoms with Gasteiger partial charge in [0.05, 0.1) is 25.6 Å². The van der Waals surface area contributed by atoms with Crippen LogP contribution in [-0.2, 0) is 4.74 Å². The molecule has 0 saturated heterocycles. The lowest BCUT2D eigenvalue weighted by Crippen LogP contribution is -2.08. The number of methoxy groups -OCH3 is 2. The van der Waals surface area contributed by atoms with Crippen LogP contribution in [0.5, 0.6) is 5.75 Å². The predicted molar refractivity (Wildman–Crippen MR) is 98.9 cm³/mol. The summed E-state index contributed by atoms with van der Waals surface area (Å²) in [6.07, 6.45) is 0. The van der Waals surface area contributed by atoms with Gasteiger partial charge in [-0.15, -0.1) is 0 Å².